The van der Waals surface area contributed by atoms with Gasteiger partial charge >= 0.3 is 0 Å². The van der Waals surface area contributed by atoms with Crippen LogP contribution in [0.2, 0.25) is 0 Å². The van der Waals surface area contributed by atoms with Crippen LogP contribution in [0.15, 0.2) is 24.3 Å². The van der Waals surface area contributed by atoms with Crippen LogP contribution in [0.1, 0.15) is 55.5 Å². The van der Waals surface area contributed by atoms with Crippen LogP contribution in [0, 0.1) is 11.8 Å². The molecule has 134 valence electrons. The third-order valence-corrected chi connectivity index (χ3v) is 5.33. The molecule has 0 aromatic heterocycles. The number of carbonyl (C=O) groups excluding carboxylic acids is 3. The summed E-state index contributed by atoms with van der Waals surface area (Å²) in [6.07, 6.45) is 4.12. The Kier molecular flexibility index (Phi) is 5.21. The van der Waals surface area contributed by atoms with Crippen LogP contribution in [0.25, 0.3) is 0 Å². The van der Waals surface area contributed by atoms with Gasteiger partial charge in [-0.05, 0) is 49.3 Å². The number of rotatable bonds is 4. The number of nitrogens with one attached hydrogen (secondary N) is 1. The summed E-state index contributed by atoms with van der Waals surface area (Å²) in [6.45, 7) is 5.17. The average Bonchev–Trinajstić information content (AvgIpc) is 2.92. The van der Waals surface area contributed by atoms with Gasteiger partial charge in [0, 0.05) is 24.6 Å². The lowest BCUT2D eigenvalue weighted by Gasteiger charge is -2.38. The number of piperidine rings is 1. The molecule has 2 fully saturated rings. The Morgan fingerprint density at radius 2 is 1.92 bits per heavy atom. The zero-order valence-corrected chi connectivity index (χ0v) is 15.0. The van der Waals surface area contributed by atoms with Gasteiger partial charge in [-0.2, -0.15) is 0 Å². The highest BCUT2D eigenvalue weighted by Gasteiger charge is 2.31. The van der Waals surface area contributed by atoms with Crippen LogP contribution < -0.4 is 5.32 Å². The second-order valence-electron chi connectivity index (χ2n) is 7.52. The number of amides is 3. The van der Waals surface area contributed by atoms with Crippen molar-refractivity contribution in [2.45, 2.75) is 52.0 Å². The van der Waals surface area contributed by atoms with Crippen molar-refractivity contribution in [1.29, 1.82) is 0 Å². The number of hydrogen-bond acceptors (Lipinski definition) is 3. The Balaban J connectivity index is 1.68. The summed E-state index contributed by atoms with van der Waals surface area (Å²) in [7, 11) is 0. The van der Waals surface area contributed by atoms with Gasteiger partial charge in [0.15, 0.2) is 0 Å². The van der Waals surface area contributed by atoms with Crippen molar-refractivity contribution in [3.8, 4) is 0 Å². The fourth-order valence-electron chi connectivity index (χ4n) is 3.91. The van der Waals surface area contributed by atoms with Crippen molar-refractivity contribution in [1.82, 2.24) is 10.2 Å². The van der Waals surface area contributed by atoms with E-state index in [2.05, 4.69) is 19.2 Å². The first-order valence-electron chi connectivity index (χ1n) is 9.19. The molecule has 0 spiro atoms. The molecule has 2 aliphatic rings. The molecule has 0 radical (unpaired) electrons. The highest BCUT2D eigenvalue weighted by atomic mass is 16.2. The first kappa shape index (κ1) is 17.6. The van der Waals surface area contributed by atoms with Gasteiger partial charge in [-0.15, -0.1) is 0 Å². The van der Waals surface area contributed by atoms with Crippen molar-refractivity contribution >= 4 is 17.7 Å². The van der Waals surface area contributed by atoms with E-state index in [1.807, 2.05) is 29.2 Å². The molecule has 2 heterocycles. The van der Waals surface area contributed by atoms with Gasteiger partial charge in [0.1, 0.15) is 0 Å². The van der Waals surface area contributed by atoms with Crippen molar-refractivity contribution in [3.05, 3.63) is 35.4 Å². The van der Waals surface area contributed by atoms with Crippen LogP contribution in [0.5, 0.6) is 0 Å². The van der Waals surface area contributed by atoms with Crippen LogP contribution in [0.4, 0.5) is 0 Å². The van der Waals surface area contributed by atoms with Gasteiger partial charge in [-0.1, -0.05) is 26.0 Å². The van der Waals surface area contributed by atoms with Gasteiger partial charge in [-0.3, -0.25) is 19.7 Å². The topological polar surface area (TPSA) is 66.5 Å². The first-order chi connectivity index (χ1) is 12.0. The monoisotopic (exact) mass is 342 g/mol. The molecule has 25 heavy (non-hydrogen) atoms. The minimum Gasteiger partial charge on any atom is -0.335 e. The summed E-state index contributed by atoms with van der Waals surface area (Å²) in [4.78, 5) is 37.9. The normalized spacial score (nSPS) is 23.9. The zero-order valence-electron chi connectivity index (χ0n) is 15.0. The third kappa shape index (κ3) is 3.91. The van der Waals surface area contributed by atoms with E-state index in [1.165, 1.54) is 6.42 Å². The average molecular weight is 342 g/mol. The van der Waals surface area contributed by atoms with E-state index in [-0.39, 0.29) is 30.1 Å². The predicted octanol–water partition coefficient (Wildman–Crippen LogP) is 2.54. The molecule has 5 heteroatoms. The molecule has 0 unspecified atom stereocenters. The number of likely N-dealkylation sites (tertiary alicyclic amines) is 1. The molecular weight excluding hydrogens is 316 g/mol. The molecule has 2 saturated heterocycles. The summed E-state index contributed by atoms with van der Waals surface area (Å²) < 4.78 is 0. The van der Waals surface area contributed by atoms with Crippen molar-refractivity contribution in [3.63, 3.8) is 0 Å². The zero-order chi connectivity index (χ0) is 18.0. The lowest BCUT2D eigenvalue weighted by molar-refractivity contribution is -0.125. The van der Waals surface area contributed by atoms with Gasteiger partial charge in [0.05, 0.1) is 5.92 Å². The molecule has 3 rings (SSSR count). The molecule has 1 N–H and O–H groups in total. The Morgan fingerprint density at radius 1 is 1.20 bits per heavy atom. The van der Waals surface area contributed by atoms with E-state index in [0.29, 0.717) is 23.9 Å². The molecule has 1 aromatic carbocycles. The Labute approximate surface area is 148 Å². The number of hydrogen-bond donors (Lipinski definition) is 1. The summed E-state index contributed by atoms with van der Waals surface area (Å²) in [5, 5.41) is 2.34. The lowest BCUT2D eigenvalue weighted by Crippen LogP contribution is -2.46. The van der Waals surface area contributed by atoms with E-state index in [0.717, 1.165) is 24.9 Å². The first-order valence-corrected chi connectivity index (χ1v) is 9.19. The Morgan fingerprint density at radius 3 is 2.52 bits per heavy atom. The van der Waals surface area contributed by atoms with E-state index >= 15 is 0 Å². The number of benzene rings is 1. The maximum absolute atomic E-state index is 12.9. The Bertz CT molecular complexity index is 666. The third-order valence-electron chi connectivity index (χ3n) is 5.33. The number of carbonyl (C=O) groups is 3. The van der Waals surface area contributed by atoms with Crippen molar-refractivity contribution < 1.29 is 14.4 Å². The minimum atomic E-state index is -0.290. The van der Waals surface area contributed by atoms with Gasteiger partial charge in [0.2, 0.25) is 11.8 Å². The molecule has 0 bridgehead atoms. The van der Waals surface area contributed by atoms with Crippen LogP contribution in [-0.4, -0.2) is 35.2 Å². The van der Waals surface area contributed by atoms with Crippen LogP contribution >= 0.6 is 0 Å². The molecule has 1 aromatic rings. The molecule has 3 amide bonds. The molecule has 2 aliphatic heterocycles. The molecule has 2 atom stereocenters. The van der Waals surface area contributed by atoms with E-state index in [4.69, 9.17) is 0 Å². The van der Waals surface area contributed by atoms with Gasteiger partial charge in [0.25, 0.3) is 5.91 Å². The quantitative estimate of drug-likeness (QED) is 0.855. The summed E-state index contributed by atoms with van der Waals surface area (Å²) in [5.41, 5.74) is 1.67. The second kappa shape index (κ2) is 7.38. The fourth-order valence-corrected chi connectivity index (χ4v) is 3.91. The molecule has 0 aliphatic carbocycles. The minimum absolute atomic E-state index is 0.0961. The van der Waals surface area contributed by atoms with E-state index in [9.17, 15) is 14.4 Å². The van der Waals surface area contributed by atoms with Gasteiger partial charge in [-0.25, -0.2) is 0 Å². The second-order valence-corrected chi connectivity index (χ2v) is 7.52. The maximum atomic E-state index is 12.9. The predicted molar refractivity (Wildman–Crippen MR) is 94.9 cm³/mol. The molecular formula is C20H26N2O3. The highest BCUT2D eigenvalue weighted by molar-refractivity contribution is 6.03. The smallest absolute Gasteiger partial charge is 0.254 e. The molecule has 5 nitrogen and oxygen atoms in total. The van der Waals surface area contributed by atoms with Crippen molar-refractivity contribution in [2.75, 3.05) is 6.54 Å². The lowest BCUT2D eigenvalue weighted by atomic mass is 9.92. The van der Waals surface area contributed by atoms with Crippen molar-refractivity contribution in [2.24, 2.45) is 11.8 Å². The summed E-state index contributed by atoms with van der Waals surface area (Å²) in [5.74, 6) is -0.132. The van der Waals surface area contributed by atoms with E-state index in [1.54, 1.807) is 0 Å². The summed E-state index contributed by atoms with van der Waals surface area (Å²) >= 11 is 0. The number of nitrogens with zero attached hydrogens (tertiary/aromatic N) is 1. The maximum Gasteiger partial charge on any atom is 0.254 e. The number of imide groups is 1. The fraction of sp³-hybridized carbons (Fsp3) is 0.550. The summed E-state index contributed by atoms with van der Waals surface area (Å²) in [6, 6.07) is 7.81. The standard InChI is InChI=1S/C20H26N2O3/c1-13(2)17-5-3-4-10-22(17)20(25)15-8-6-14(7-9-15)11-16-12-18(23)21-19(16)24/h6-9,13,16-17H,3-5,10-12H2,1-2H3,(H,21,23,24)/t16-,17-/m0/s1. The van der Waals surface area contributed by atoms with E-state index < -0.39 is 0 Å². The van der Waals surface area contributed by atoms with Gasteiger partial charge < -0.3 is 4.90 Å². The SMILES string of the molecule is CC(C)[C@@H]1CCCCN1C(=O)c1ccc(C[C@H]2CC(=O)NC2=O)cc1. The highest BCUT2D eigenvalue weighted by Crippen LogP contribution is 2.25. The molecule has 0 saturated carbocycles. The van der Waals surface area contributed by atoms with Crippen LogP contribution in [0.3, 0.4) is 0 Å². The largest absolute Gasteiger partial charge is 0.335 e. The Hall–Kier alpha value is -2.17. The van der Waals surface area contributed by atoms with Crippen LogP contribution in [-0.2, 0) is 16.0 Å².